The normalized spacial score (nSPS) is 10.4. The smallest absolute Gasteiger partial charge is 0.271 e. The SMILES string of the molecule is O=c1[nH]cnc(Nc2ccc(Br)c(Cl)c2Cl)c1Cl. The zero-order valence-electron chi connectivity index (χ0n) is 8.60. The average molecular weight is 369 g/mol. The van der Waals surface area contributed by atoms with Crippen LogP contribution in [-0.4, -0.2) is 9.97 Å². The molecule has 18 heavy (non-hydrogen) atoms. The summed E-state index contributed by atoms with van der Waals surface area (Å²) in [6, 6.07) is 3.41. The minimum absolute atomic E-state index is 0.0485. The van der Waals surface area contributed by atoms with E-state index >= 15 is 0 Å². The lowest BCUT2D eigenvalue weighted by Gasteiger charge is -2.10. The third kappa shape index (κ3) is 2.64. The number of benzene rings is 1. The van der Waals surface area contributed by atoms with Crippen molar-refractivity contribution in [2.75, 3.05) is 5.32 Å². The van der Waals surface area contributed by atoms with Crippen LogP contribution in [0.4, 0.5) is 11.5 Å². The van der Waals surface area contributed by atoms with E-state index in [9.17, 15) is 4.79 Å². The van der Waals surface area contributed by atoms with Gasteiger partial charge < -0.3 is 10.3 Å². The van der Waals surface area contributed by atoms with Gasteiger partial charge in [0.2, 0.25) is 0 Å². The quantitative estimate of drug-likeness (QED) is 0.779. The van der Waals surface area contributed by atoms with Gasteiger partial charge >= 0.3 is 0 Å². The molecule has 1 aromatic heterocycles. The molecule has 0 saturated heterocycles. The summed E-state index contributed by atoms with van der Waals surface area (Å²) in [6.07, 6.45) is 1.24. The van der Waals surface area contributed by atoms with Gasteiger partial charge in [-0.15, -0.1) is 0 Å². The van der Waals surface area contributed by atoms with Gasteiger partial charge in [0.05, 0.1) is 22.1 Å². The lowest BCUT2D eigenvalue weighted by molar-refractivity contribution is 1.12. The Morgan fingerprint density at radius 1 is 1.17 bits per heavy atom. The van der Waals surface area contributed by atoms with E-state index in [-0.39, 0.29) is 10.8 Å². The highest BCUT2D eigenvalue weighted by atomic mass is 79.9. The van der Waals surface area contributed by atoms with E-state index in [4.69, 9.17) is 34.8 Å². The first-order valence-electron chi connectivity index (χ1n) is 4.64. The van der Waals surface area contributed by atoms with Gasteiger partial charge in [-0.3, -0.25) is 4.79 Å². The number of nitrogens with zero attached hydrogens (tertiary/aromatic N) is 1. The van der Waals surface area contributed by atoms with Crippen molar-refractivity contribution >= 4 is 62.2 Å². The van der Waals surface area contributed by atoms with Gasteiger partial charge in [0.15, 0.2) is 5.82 Å². The van der Waals surface area contributed by atoms with Crippen LogP contribution in [-0.2, 0) is 0 Å². The van der Waals surface area contributed by atoms with Gasteiger partial charge in [-0.25, -0.2) is 4.98 Å². The molecule has 2 rings (SSSR count). The highest BCUT2D eigenvalue weighted by Crippen LogP contribution is 2.37. The van der Waals surface area contributed by atoms with Gasteiger partial charge in [-0.2, -0.15) is 0 Å². The highest BCUT2D eigenvalue weighted by Gasteiger charge is 2.11. The van der Waals surface area contributed by atoms with E-state index in [1.54, 1.807) is 12.1 Å². The van der Waals surface area contributed by atoms with Crippen LogP contribution in [0.5, 0.6) is 0 Å². The number of H-pyrrole nitrogens is 1. The van der Waals surface area contributed by atoms with Crippen LogP contribution < -0.4 is 10.9 Å². The first kappa shape index (κ1) is 13.7. The molecule has 0 amide bonds. The molecule has 0 bridgehead atoms. The third-order valence-electron chi connectivity index (χ3n) is 2.08. The average Bonchev–Trinajstić information content (AvgIpc) is 2.35. The van der Waals surface area contributed by atoms with Crippen molar-refractivity contribution < 1.29 is 0 Å². The molecule has 1 heterocycles. The molecule has 0 aliphatic carbocycles. The lowest BCUT2D eigenvalue weighted by Crippen LogP contribution is -2.09. The number of nitrogens with one attached hydrogen (secondary N) is 2. The molecule has 8 heteroatoms. The number of aromatic amines is 1. The second-order valence-corrected chi connectivity index (χ2v) is 5.23. The Bertz CT molecular complexity index is 659. The van der Waals surface area contributed by atoms with Crippen molar-refractivity contribution in [3.05, 3.63) is 48.4 Å². The summed E-state index contributed by atoms with van der Waals surface area (Å²) in [5.41, 5.74) is 0.0679. The van der Waals surface area contributed by atoms with Gasteiger partial charge in [-0.1, -0.05) is 34.8 Å². The summed E-state index contributed by atoms with van der Waals surface area (Å²) in [7, 11) is 0. The minimum atomic E-state index is -0.437. The van der Waals surface area contributed by atoms with Crippen molar-refractivity contribution in [1.82, 2.24) is 9.97 Å². The van der Waals surface area contributed by atoms with Crippen LogP contribution in [0.3, 0.4) is 0 Å². The number of halogens is 4. The maximum atomic E-state index is 11.3. The fourth-order valence-electron chi connectivity index (χ4n) is 1.22. The molecule has 0 fully saturated rings. The topological polar surface area (TPSA) is 57.8 Å². The summed E-state index contributed by atoms with van der Waals surface area (Å²) < 4.78 is 0.671. The molecule has 2 N–H and O–H groups in total. The van der Waals surface area contributed by atoms with Crippen molar-refractivity contribution in [2.24, 2.45) is 0 Å². The van der Waals surface area contributed by atoms with Crippen LogP contribution in [0.2, 0.25) is 15.1 Å². The van der Waals surface area contributed by atoms with Gasteiger partial charge in [0.25, 0.3) is 5.56 Å². The van der Waals surface area contributed by atoms with Gasteiger partial charge in [-0.05, 0) is 28.1 Å². The number of anilines is 2. The second kappa shape index (κ2) is 5.48. The summed E-state index contributed by atoms with van der Waals surface area (Å²) in [5, 5.41) is 3.47. The molecule has 0 unspecified atom stereocenters. The molecule has 0 aliphatic heterocycles. The van der Waals surface area contributed by atoms with E-state index in [1.807, 2.05) is 0 Å². The molecule has 2 aromatic rings. The van der Waals surface area contributed by atoms with Crippen LogP contribution in [0.25, 0.3) is 0 Å². The van der Waals surface area contributed by atoms with E-state index < -0.39 is 5.56 Å². The predicted octanol–water partition coefficient (Wildman–Crippen LogP) is 4.24. The Hall–Kier alpha value is -0.750. The Labute approximate surface area is 125 Å². The molecule has 0 saturated carbocycles. The Balaban J connectivity index is 2.44. The van der Waals surface area contributed by atoms with E-state index in [1.165, 1.54) is 6.33 Å². The molecular weight excluding hydrogens is 364 g/mol. The molecule has 0 aliphatic rings. The number of aromatic nitrogens is 2. The van der Waals surface area contributed by atoms with Crippen molar-refractivity contribution in [3.63, 3.8) is 0 Å². The number of hydrogen-bond donors (Lipinski definition) is 2. The first-order valence-corrected chi connectivity index (χ1v) is 6.57. The maximum Gasteiger partial charge on any atom is 0.271 e. The first-order chi connectivity index (χ1) is 8.50. The summed E-state index contributed by atoms with van der Waals surface area (Å²) >= 11 is 21.1. The lowest BCUT2D eigenvalue weighted by atomic mass is 10.3. The number of hydrogen-bond acceptors (Lipinski definition) is 3. The van der Waals surface area contributed by atoms with Crippen LogP contribution in [0, 0.1) is 0 Å². The zero-order chi connectivity index (χ0) is 13.3. The van der Waals surface area contributed by atoms with Gasteiger partial charge in [0.1, 0.15) is 5.02 Å². The molecule has 0 spiro atoms. The van der Waals surface area contributed by atoms with E-state index in [2.05, 4.69) is 31.2 Å². The monoisotopic (exact) mass is 367 g/mol. The van der Waals surface area contributed by atoms with E-state index in [0.29, 0.717) is 20.2 Å². The fourth-order valence-corrected chi connectivity index (χ4v) is 2.19. The predicted molar refractivity (Wildman–Crippen MR) is 77.3 cm³/mol. The molecule has 1 aromatic carbocycles. The molecule has 94 valence electrons. The molecule has 0 radical (unpaired) electrons. The van der Waals surface area contributed by atoms with Crippen LogP contribution >= 0.6 is 50.7 Å². The van der Waals surface area contributed by atoms with Gasteiger partial charge in [0, 0.05) is 4.47 Å². The molecular formula is C10H5BrCl3N3O. The Morgan fingerprint density at radius 3 is 2.61 bits per heavy atom. The Morgan fingerprint density at radius 2 is 1.89 bits per heavy atom. The Kier molecular flexibility index (Phi) is 4.17. The largest absolute Gasteiger partial charge is 0.338 e. The van der Waals surface area contributed by atoms with Crippen LogP contribution in [0.1, 0.15) is 0 Å². The summed E-state index contributed by atoms with van der Waals surface area (Å²) in [5.74, 6) is 0.209. The maximum absolute atomic E-state index is 11.3. The minimum Gasteiger partial charge on any atom is -0.338 e. The highest BCUT2D eigenvalue weighted by molar-refractivity contribution is 9.10. The summed E-state index contributed by atoms with van der Waals surface area (Å²) in [4.78, 5) is 17.6. The second-order valence-electron chi connectivity index (χ2n) is 3.24. The zero-order valence-corrected chi connectivity index (χ0v) is 12.5. The van der Waals surface area contributed by atoms with Crippen molar-refractivity contribution in [2.45, 2.75) is 0 Å². The molecule has 0 atom stereocenters. The number of rotatable bonds is 2. The standard InChI is InChI=1S/C10H5BrCl3N3O/c11-4-1-2-5(7(13)6(4)12)17-9-8(14)10(18)16-3-15-9/h1-3H,(H2,15,16,17,18). The fraction of sp³-hybridized carbons (Fsp3) is 0. The third-order valence-corrected chi connectivity index (χ3v) is 4.21. The van der Waals surface area contributed by atoms with E-state index in [0.717, 1.165) is 0 Å². The van der Waals surface area contributed by atoms with Crippen molar-refractivity contribution in [3.8, 4) is 0 Å². The molecule has 4 nitrogen and oxygen atoms in total. The van der Waals surface area contributed by atoms with Crippen LogP contribution in [0.15, 0.2) is 27.7 Å². The summed E-state index contributed by atoms with van der Waals surface area (Å²) in [6.45, 7) is 0. The van der Waals surface area contributed by atoms with Crippen molar-refractivity contribution in [1.29, 1.82) is 0 Å².